The van der Waals surface area contributed by atoms with Crippen molar-refractivity contribution in [3.8, 4) is 23.0 Å². The van der Waals surface area contributed by atoms with E-state index in [0.29, 0.717) is 39.8 Å². The van der Waals surface area contributed by atoms with E-state index in [4.69, 9.17) is 18.9 Å². The average Bonchev–Trinajstić information content (AvgIpc) is 3.17. The van der Waals surface area contributed by atoms with E-state index < -0.39 is 17.7 Å². The molecule has 38 heavy (non-hydrogen) atoms. The number of ether oxygens (including phenoxy) is 4. The number of carbonyl (C=O) groups is 2. The van der Waals surface area contributed by atoms with Gasteiger partial charge in [-0.3, -0.25) is 14.6 Å². The number of ketones is 1. The molecule has 2 heterocycles. The number of hydrogen-bond acceptors (Lipinski definition) is 8. The molecule has 198 valence electrons. The van der Waals surface area contributed by atoms with Gasteiger partial charge in [-0.2, -0.15) is 0 Å². The third-order valence-corrected chi connectivity index (χ3v) is 6.08. The molecule has 3 aromatic rings. The molecule has 1 aliphatic heterocycles. The standard InChI is InChI=1S/C29H30N2O7/c1-17(2)38-21-11-8-9-18(13-21)26(32)24-25(19-14-22(35-3)28(37-5)23(15-19)36-4)31(29(34)27(24)33)16-20-10-6-7-12-30-20/h6-15,17,25,32H,16H2,1-5H3/b26-24+. The monoisotopic (exact) mass is 518 g/mol. The van der Waals surface area contributed by atoms with Crippen LogP contribution < -0.4 is 18.9 Å². The van der Waals surface area contributed by atoms with Crippen molar-refractivity contribution in [2.24, 2.45) is 0 Å². The van der Waals surface area contributed by atoms with Crippen molar-refractivity contribution in [1.82, 2.24) is 9.88 Å². The SMILES string of the molecule is COc1cc(C2/C(=C(\O)c3cccc(OC(C)C)c3)C(=O)C(=O)N2Cc2ccccn2)cc(OC)c1OC. The molecule has 1 fully saturated rings. The molecule has 1 saturated heterocycles. The van der Waals surface area contributed by atoms with Gasteiger partial charge in [0, 0.05) is 11.8 Å². The van der Waals surface area contributed by atoms with E-state index in [9.17, 15) is 14.7 Å². The number of aliphatic hydroxyl groups excluding tert-OH is 1. The van der Waals surface area contributed by atoms with Gasteiger partial charge in [0.05, 0.1) is 51.3 Å². The molecule has 0 radical (unpaired) electrons. The van der Waals surface area contributed by atoms with Crippen LogP contribution in [-0.2, 0) is 16.1 Å². The maximum atomic E-state index is 13.5. The Bertz CT molecular complexity index is 1340. The van der Waals surface area contributed by atoms with Crippen molar-refractivity contribution >= 4 is 17.4 Å². The van der Waals surface area contributed by atoms with Crippen molar-refractivity contribution in [1.29, 1.82) is 0 Å². The second-order valence-corrected chi connectivity index (χ2v) is 8.90. The minimum atomic E-state index is -0.958. The second-order valence-electron chi connectivity index (χ2n) is 8.90. The summed E-state index contributed by atoms with van der Waals surface area (Å²) in [6.07, 6.45) is 1.52. The molecule has 1 atom stereocenters. The van der Waals surface area contributed by atoms with E-state index in [1.807, 2.05) is 13.8 Å². The van der Waals surface area contributed by atoms with Crippen LogP contribution in [0.25, 0.3) is 5.76 Å². The first-order valence-electron chi connectivity index (χ1n) is 12.0. The number of hydrogen-bond donors (Lipinski definition) is 1. The Labute approximate surface area is 221 Å². The zero-order valence-corrected chi connectivity index (χ0v) is 21.9. The fourth-order valence-corrected chi connectivity index (χ4v) is 4.46. The molecule has 2 aromatic carbocycles. The molecule has 1 aromatic heterocycles. The smallest absolute Gasteiger partial charge is 0.296 e. The van der Waals surface area contributed by atoms with Gasteiger partial charge in [-0.25, -0.2) is 0 Å². The maximum absolute atomic E-state index is 13.5. The Kier molecular flexibility index (Phi) is 7.85. The van der Waals surface area contributed by atoms with Crippen LogP contribution in [-0.4, -0.2) is 54.1 Å². The number of carbonyl (C=O) groups excluding carboxylic acids is 2. The molecule has 4 rings (SSSR count). The van der Waals surface area contributed by atoms with Gasteiger partial charge in [-0.1, -0.05) is 18.2 Å². The summed E-state index contributed by atoms with van der Waals surface area (Å²) in [5.74, 6) is -0.317. The maximum Gasteiger partial charge on any atom is 0.296 e. The zero-order valence-electron chi connectivity index (χ0n) is 21.9. The quantitative estimate of drug-likeness (QED) is 0.250. The fraction of sp³-hybridized carbons (Fsp3) is 0.276. The van der Waals surface area contributed by atoms with E-state index >= 15 is 0 Å². The Balaban J connectivity index is 1.93. The Morgan fingerprint density at radius 1 is 0.974 bits per heavy atom. The predicted octanol–water partition coefficient (Wildman–Crippen LogP) is 4.52. The molecule has 0 bridgehead atoms. The van der Waals surface area contributed by atoms with E-state index in [1.54, 1.807) is 60.8 Å². The number of rotatable bonds is 9. The first-order valence-corrected chi connectivity index (χ1v) is 12.0. The van der Waals surface area contributed by atoms with E-state index in [0.717, 1.165) is 0 Å². The fourth-order valence-electron chi connectivity index (χ4n) is 4.46. The molecule has 9 nitrogen and oxygen atoms in total. The minimum Gasteiger partial charge on any atom is -0.507 e. The third kappa shape index (κ3) is 5.13. The summed E-state index contributed by atoms with van der Waals surface area (Å²) in [4.78, 5) is 32.5. The molecular formula is C29H30N2O7. The summed E-state index contributed by atoms with van der Waals surface area (Å²) in [5.41, 5.74) is 1.35. The van der Waals surface area contributed by atoms with Gasteiger partial charge in [0.15, 0.2) is 11.5 Å². The van der Waals surface area contributed by atoms with Crippen molar-refractivity contribution in [3.63, 3.8) is 0 Å². The third-order valence-electron chi connectivity index (χ3n) is 6.08. The summed E-state index contributed by atoms with van der Waals surface area (Å²) >= 11 is 0. The van der Waals surface area contributed by atoms with Crippen LogP contribution in [0.3, 0.4) is 0 Å². The van der Waals surface area contributed by atoms with Crippen LogP contribution in [0.2, 0.25) is 0 Å². The van der Waals surface area contributed by atoms with Gasteiger partial charge in [-0.05, 0) is 55.8 Å². The minimum absolute atomic E-state index is 0.0417. The zero-order chi connectivity index (χ0) is 27.4. The molecule has 0 spiro atoms. The lowest BCUT2D eigenvalue weighted by Crippen LogP contribution is -2.29. The number of Topliss-reactive ketones (excluding diaryl/α,β-unsaturated/α-hetero) is 1. The highest BCUT2D eigenvalue weighted by molar-refractivity contribution is 6.46. The van der Waals surface area contributed by atoms with E-state index in [2.05, 4.69) is 4.98 Å². The second kappa shape index (κ2) is 11.2. The summed E-state index contributed by atoms with van der Waals surface area (Å²) in [6.45, 7) is 3.82. The van der Waals surface area contributed by atoms with Gasteiger partial charge < -0.3 is 29.0 Å². The summed E-state index contributed by atoms with van der Waals surface area (Å²) in [7, 11) is 4.44. The largest absolute Gasteiger partial charge is 0.507 e. The van der Waals surface area contributed by atoms with Crippen LogP contribution in [0.1, 0.15) is 36.7 Å². The molecule has 0 aliphatic carbocycles. The van der Waals surface area contributed by atoms with Crippen molar-refractivity contribution < 1.29 is 33.6 Å². The molecule has 1 amide bonds. The molecule has 9 heteroatoms. The molecule has 0 saturated carbocycles. The number of aromatic nitrogens is 1. The van der Waals surface area contributed by atoms with Crippen LogP contribution in [0.15, 0.2) is 66.4 Å². The first-order chi connectivity index (χ1) is 18.3. The average molecular weight is 519 g/mol. The lowest BCUT2D eigenvalue weighted by atomic mass is 9.94. The van der Waals surface area contributed by atoms with Crippen LogP contribution in [0, 0.1) is 0 Å². The van der Waals surface area contributed by atoms with Gasteiger partial charge in [-0.15, -0.1) is 0 Å². The van der Waals surface area contributed by atoms with Crippen LogP contribution in [0.4, 0.5) is 0 Å². The lowest BCUT2D eigenvalue weighted by Gasteiger charge is -2.26. The lowest BCUT2D eigenvalue weighted by molar-refractivity contribution is -0.140. The first kappa shape index (κ1) is 26.5. The summed E-state index contributed by atoms with van der Waals surface area (Å²) in [6, 6.07) is 14.4. The van der Waals surface area contributed by atoms with Gasteiger partial charge in [0.1, 0.15) is 11.5 Å². The number of pyridine rings is 1. The highest BCUT2D eigenvalue weighted by Gasteiger charge is 2.46. The molecular weight excluding hydrogens is 488 g/mol. The Hall–Kier alpha value is -4.53. The highest BCUT2D eigenvalue weighted by Crippen LogP contribution is 2.46. The molecule has 1 unspecified atom stereocenters. The number of nitrogens with zero attached hydrogens (tertiary/aromatic N) is 2. The topological polar surface area (TPSA) is 107 Å². The number of amides is 1. The predicted molar refractivity (Wildman–Crippen MR) is 140 cm³/mol. The molecule has 1 N–H and O–H groups in total. The van der Waals surface area contributed by atoms with Crippen molar-refractivity contribution in [2.45, 2.75) is 32.5 Å². The highest BCUT2D eigenvalue weighted by atomic mass is 16.5. The van der Waals surface area contributed by atoms with Gasteiger partial charge in [0.25, 0.3) is 11.7 Å². The van der Waals surface area contributed by atoms with Crippen molar-refractivity contribution in [2.75, 3.05) is 21.3 Å². The van der Waals surface area contributed by atoms with Gasteiger partial charge >= 0.3 is 0 Å². The van der Waals surface area contributed by atoms with Gasteiger partial charge in [0.2, 0.25) is 5.75 Å². The van der Waals surface area contributed by atoms with Crippen LogP contribution in [0.5, 0.6) is 23.0 Å². The summed E-state index contributed by atoms with van der Waals surface area (Å²) < 4.78 is 22.2. The number of benzene rings is 2. The van der Waals surface area contributed by atoms with E-state index in [1.165, 1.54) is 26.2 Å². The Morgan fingerprint density at radius 3 is 2.26 bits per heavy atom. The van der Waals surface area contributed by atoms with Crippen LogP contribution >= 0.6 is 0 Å². The van der Waals surface area contributed by atoms with E-state index in [-0.39, 0.29) is 24.0 Å². The number of aliphatic hydroxyl groups is 1. The number of methoxy groups -OCH3 is 3. The molecule has 1 aliphatic rings. The summed E-state index contributed by atoms with van der Waals surface area (Å²) in [5, 5.41) is 11.5. The van der Waals surface area contributed by atoms with Crippen molar-refractivity contribution in [3.05, 3.63) is 83.2 Å². The Morgan fingerprint density at radius 2 is 1.68 bits per heavy atom. The number of likely N-dealkylation sites (tertiary alicyclic amines) is 1. The normalized spacial score (nSPS) is 16.6.